The highest BCUT2D eigenvalue weighted by Gasteiger charge is 2.30. The number of aliphatic hydroxyl groups is 2. The fourth-order valence-corrected chi connectivity index (χ4v) is 9.98. The lowest BCUT2D eigenvalue weighted by atomic mass is 9.91. The van der Waals surface area contributed by atoms with Gasteiger partial charge in [-0.05, 0) is 165 Å². The molecule has 6 aromatic carbocycles. The zero-order chi connectivity index (χ0) is 51.9. The quantitative estimate of drug-likeness (QED) is 0.150. The van der Waals surface area contributed by atoms with Crippen molar-refractivity contribution in [3.63, 3.8) is 0 Å². The molecule has 0 bridgehead atoms. The van der Waals surface area contributed by atoms with Crippen molar-refractivity contribution in [1.29, 1.82) is 0 Å². The minimum atomic E-state index is -1.02. The molecule has 392 valence electrons. The van der Waals surface area contributed by atoms with Crippen molar-refractivity contribution >= 4 is 0 Å². The lowest BCUT2D eigenvalue weighted by Gasteiger charge is -2.21. The standard InChI is InChI=1S/C58H64O16/c1-61-45-25-37-17-33-21-53-54(22-34(33)18-38-26-46(62-2)50(66-6)30-42(38)57(59)41(37)29-49(45)65-5)72-14-10-70-12-16-74-56-24-36-20-40-28-48(64-4)52(68-8)32-44(40)58(60)43-31-51(67-7)47(63-3)27-39(43)19-35(36)23-55(56)73-15-11-69-9-13-71-53/h21-32,57-60H,9-20H2,1-8H3. The molecule has 0 atom stereocenters. The normalized spacial score (nSPS) is 15.3. The van der Waals surface area contributed by atoms with Gasteiger partial charge in [0.05, 0.1) is 83.3 Å². The Bertz CT molecular complexity index is 2580. The SMILES string of the molecule is COc1cc2c(cc1OC)C(O)c1cc(OC)c(OC)cc1Cc1cc3c(cc1C2)OCCOCCOc1cc2c(cc1OCCOCCO3)Cc1cc(OC)c(OC)cc1C(O)c1cc(OC)c(OC)cc1C2. The first kappa shape index (κ1) is 51.7. The third-order valence-electron chi connectivity index (χ3n) is 13.8. The molecular weight excluding hydrogens is 953 g/mol. The molecule has 1 aliphatic heterocycles. The van der Waals surface area contributed by atoms with E-state index >= 15 is 0 Å². The summed E-state index contributed by atoms with van der Waals surface area (Å²) in [6.07, 6.45) is -0.279. The van der Waals surface area contributed by atoms with Crippen LogP contribution in [0.25, 0.3) is 0 Å². The molecule has 0 amide bonds. The molecule has 0 unspecified atom stereocenters. The molecule has 0 fully saturated rings. The second kappa shape index (κ2) is 23.3. The largest absolute Gasteiger partial charge is 0.493 e. The van der Waals surface area contributed by atoms with E-state index in [0.717, 1.165) is 44.5 Å². The molecule has 1 heterocycles. The fraction of sp³-hybridized carbons (Fsp3) is 0.379. The number of ether oxygens (including phenoxy) is 14. The Labute approximate surface area is 431 Å². The monoisotopic (exact) mass is 1020 g/mol. The van der Waals surface area contributed by atoms with Gasteiger partial charge in [-0.1, -0.05) is 0 Å². The van der Waals surface area contributed by atoms with Crippen LogP contribution >= 0.6 is 0 Å². The van der Waals surface area contributed by atoms with Gasteiger partial charge in [0.25, 0.3) is 0 Å². The molecule has 0 spiro atoms. The molecule has 16 heteroatoms. The summed E-state index contributed by atoms with van der Waals surface area (Å²) in [5.74, 6) is 6.32. The Morgan fingerprint density at radius 1 is 0.284 bits per heavy atom. The van der Waals surface area contributed by atoms with E-state index in [-0.39, 0.29) is 52.9 Å². The van der Waals surface area contributed by atoms with Gasteiger partial charge >= 0.3 is 0 Å². The van der Waals surface area contributed by atoms with Crippen LogP contribution in [0.15, 0.2) is 72.8 Å². The van der Waals surface area contributed by atoms with E-state index < -0.39 is 12.2 Å². The van der Waals surface area contributed by atoms with Gasteiger partial charge in [-0.15, -0.1) is 0 Å². The van der Waals surface area contributed by atoms with E-state index in [1.807, 2.05) is 72.8 Å². The van der Waals surface area contributed by atoms with Gasteiger partial charge in [-0.3, -0.25) is 0 Å². The van der Waals surface area contributed by atoms with Crippen LogP contribution < -0.4 is 56.8 Å². The van der Waals surface area contributed by atoms with Crippen LogP contribution in [-0.2, 0) is 35.2 Å². The number of rotatable bonds is 8. The zero-order valence-corrected chi connectivity index (χ0v) is 43.2. The van der Waals surface area contributed by atoms with Crippen molar-refractivity contribution in [3.8, 4) is 69.0 Å². The first-order valence-corrected chi connectivity index (χ1v) is 24.5. The topological polar surface area (TPSA) is 170 Å². The number of hydrogen-bond donors (Lipinski definition) is 2. The van der Waals surface area contributed by atoms with Gasteiger partial charge < -0.3 is 76.5 Å². The van der Waals surface area contributed by atoms with Crippen molar-refractivity contribution in [3.05, 3.63) is 140 Å². The predicted octanol–water partition coefficient (Wildman–Crippen LogP) is 8.17. The first-order valence-electron chi connectivity index (χ1n) is 24.5. The van der Waals surface area contributed by atoms with Crippen LogP contribution in [-0.4, -0.2) is 120 Å². The van der Waals surface area contributed by atoms with E-state index in [4.69, 9.17) is 66.3 Å². The number of fused-ring (bicyclic) bond motifs is 8. The predicted molar refractivity (Wildman–Crippen MR) is 274 cm³/mol. The van der Waals surface area contributed by atoms with Crippen LogP contribution in [0.5, 0.6) is 69.0 Å². The van der Waals surface area contributed by atoms with Gasteiger partial charge in [0.2, 0.25) is 0 Å². The Morgan fingerprint density at radius 3 is 0.689 bits per heavy atom. The summed E-state index contributed by atoms with van der Waals surface area (Å²) >= 11 is 0. The van der Waals surface area contributed by atoms with E-state index in [1.54, 1.807) is 56.9 Å². The van der Waals surface area contributed by atoms with Crippen molar-refractivity contribution in [1.82, 2.24) is 0 Å². The Balaban J connectivity index is 1.00. The summed E-state index contributed by atoms with van der Waals surface area (Å²) in [5, 5.41) is 24.3. The minimum Gasteiger partial charge on any atom is -0.493 e. The van der Waals surface area contributed by atoms with Crippen LogP contribution in [0, 0.1) is 0 Å². The van der Waals surface area contributed by atoms with Crippen LogP contribution in [0.2, 0.25) is 0 Å². The molecule has 2 N–H and O–H groups in total. The summed E-state index contributed by atoms with van der Waals surface area (Å²) in [5.41, 5.74) is 9.91. The molecule has 0 saturated heterocycles. The van der Waals surface area contributed by atoms with Crippen LogP contribution in [0.1, 0.15) is 79.0 Å². The summed E-state index contributed by atoms with van der Waals surface area (Å²) in [6, 6.07) is 23.0. The third kappa shape index (κ3) is 10.7. The molecular formula is C58H64O16. The van der Waals surface area contributed by atoms with Gasteiger partial charge in [0.15, 0.2) is 69.0 Å². The summed E-state index contributed by atoms with van der Waals surface area (Å²) in [7, 11) is 12.7. The highest BCUT2D eigenvalue weighted by atomic mass is 16.6. The third-order valence-corrected chi connectivity index (χ3v) is 13.8. The Morgan fingerprint density at radius 2 is 0.486 bits per heavy atom. The molecule has 74 heavy (non-hydrogen) atoms. The molecule has 0 saturated carbocycles. The average Bonchev–Trinajstić information content (AvgIpc) is 3.49. The van der Waals surface area contributed by atoms with Crippen molar-refractivity contribution in [2.45, 2.75) is 37.9 Å². The fourth-order valence-electron chi connectivity index (χ4n) is 9.98. The van der Waals surface area contributed by atoms with Crippen LogP contribution in [0.3, 0.4) is 0 Å². The van der Waals surface area contributed by atoms with Crippen molar-refractivity contribution < 1.29 is 76.5 Å². The number of hydrogen-bond acceptors (Lipinski definition) is 16. The van der Waals surface area contributed by atoms with E-state index in [0.29, 0.717) is 117 Å². The summed E-state index contributed by atoms with van der Waals surface area (Å²) < 4.78 is 83.8. The number of aliphatic hydroxyl groups excluding tert-OH is 2. The van der Waals surface area contributed by atoms with Crippen molar-refractivity contribution in [2.75, 3.05) is 110 Å². The van der Waals surface area contributed by atoms with Gasteiger partial charge in [0, 0.05) is 0 Å². The van der Waals surface area contributed by atoms with Gasteiger partial charge in [-0.25, -0.2) is 0 Å². The molecule has 0 radical (unpaired) electrons. The molecule has 16 nitrogen and oxygen atoms in total. The molecule has 6 aromatic rings. The minimum absolute atomic E-state index is 0.219. The second-order valence-corrected chi connectivity index (χ2v) is 17.9. The van der Waals surface area contributed by atoms with Crippen molar-refractivity contribution in [2.24, 2.45) is 0 Å². The maximum atomic E-state index is 12.2. The molecule has 9 rings (SSSR count). The lowest BCUT2D eigenvalue weighted by Crippen LogP contribution is -2.16. The number of methoxy groups -OCH3 is 8. The van der Waals surface area contributed by atoms with Crippen LogP contribution in [0.4, 0.5) is 0 Å². The summed E-state index contributed by atoms with van der Waals surface area (Å²) in [6.45, 7) is 1.91. The smallest absolute Gasteiger partial charge is 0.161 e. The zero-order valence-electron chi connectivity index (χ0n) is 43.2. The molecule has 0 aromatic heterocycles. The first-order chi connectivity index (χ1) is 36.1. The maximum Gasteiger partial charge on any atom is 0.161 e. The Kier molecular flexibility index (Phi) is 16.3. The average molecular weight is 1020 g/mol. The van der Waals surface area contributed by atoms with Gasteiger partial charge in [0.1, 0.15) is 38.6 Å². The van der Waals surface area contributed by atoms with E-state index in [9.17, 15) is 10.2 Å². The highest BCUT2D eigenvalue weighted by molar-refractivity contribution is 5.61. The molecule has 3 aliphatic rings. The second-order valence-electron chi connectivity index (χ2n) is 17.9. The maximum absolute atomic E-state index is 12.2. The van der Waals surface area contributed by atoms with Gasteiger partial charge in [-0.2, -0.15) is 0 Å². The van der Waals surface area contributed by atoms with E-state index in [2.05, 4.69) is 0 Å². The number of benzene rings is 6. The molecule has 2 aliphatic carbocycles. The Hall–Kier alpha value is -7.24. The lowest BCUT2D eigenvalue weighted by molar-refractivity contribution is 0.0639. The summed E-state index contributed by atoms with van der Waals surface area (Å²) in [4.78, 5) is 0. The van der Waals surface area contributed by atoms with E-state index in [1.165, 1.54) is 0 Å². The highest BCUT2D eigenvalue weighted by Crippen LogP contribution is 2.46.